The Morgan fingerprint density at radius 1 is 1.14 bits per heavy atom. The van der Waals surface area contributed by atoms with E-state index in [1.54, 1.807) is 18.2 Å². The molecule has 0 spiro atoms. The van der Waals surface area contributed by atoms with Gasteiger partial charge in [0, 0.05) is 6.54 Å². The summed E-state index contributed by atoms with van der Waals surface area (Å²) >= 11 is 0.827. The van der Waals surface area contributed by atoms with E-state index < -0.39 is 21.9 Å². The summed E-state index contributed by atoms with van der Waals surface area (Å²) in [5, 5.41) is 5.50. The fraction of sp³-hybridized carbons (Fsp3) is 0.188. The largest absolute Gasteiger partial charge is 0.454 e. The molecule has 148 valence electrons. The monoisotopic (exact) mass is 431 g/mol. The standard InChI is InChI=1S/C16H12F3N3O4S2/c17-16(18,19)14-6-10(21-22-14)13-3-4-15(27-13)28(23,24)20-7-9-1-2-11-12(5-9)26-8-25-11/h1-6,20H,7-8H2,(H,21,22). The van der Waals surface area contributed by atoms with Gasteiger partial charge in [0.15, 0.2) is 11.5 Å². The lowest BCUT2D eigenvalue weighted by molar-refractivity contribution is -0.141. The molecule has 0 atom stereocenters. The third-order valence-electron chi connectivity index (χ3n) is 3.89. The predicted octanol–water partition coefficient (Wildman–Crippen LogP) is 3.36. The van der Waals surface area contributed by atoms with Crippen LogP contribution in [0.5, 0.6) is 11.5 Å². The molecule has 1 aromatic carbocycles. The van der Waals surface area contributed by atoms with Crippen molar-refractivity contribution < 1.29 is 31.1 Å². The average molecular weight is 431 g/mol. The zero-order valence-electron chi connectivity index (χ0n) is 13.9. The van der Waals surface area contributed by atoms with Gasteiger partial charge in [-0.3, -0.25) is 5.10 Å². The molecule has 28 heavy (non-hydrogen) atoms. The molecular formula is C16H12F3N3O4S2. The van der Waals surface area contributed by atoms with Crippen molar-refractivity contribution in [2.75, 3.05) is 6.79 Å². The molecule has 0 saturated carbocycles. The molecule has 0 amide bonds. The van der Waals surface area contributed by atoms with Crippen LogP contribution in [0.15, 0.2) is 40.6 Å². The minimum absolute atomic E-state index is 0.0207. The molecule has 2 N–H and O–H groups in total. The molecule has 12 heteroatoms. The maximum Gasteiger partial charge on any atom is 0.432 e. The fourth-order valence-corrected chi connectivity index (χ4v) is 4.82. The number of rotatable bonds is 5. The van der Waals surface area contributed by atoms with Crippen LogP contribution >= 0.6 is 11.3 Å². The first-order chi connectivity index (χ1) is 13.2. The van der Waals surface area contributed by atoms with E-state index in [4.69, 9.17) is 9.47 Å². The van der Waals surface area contributed by atoms with Crippen molar-refractivity contribution >= 4 is 21.4 Å². The van der Waals surface area contributed by atoms with Gasteiger partial charge in [0.1, 0.15) is 15.6 Å². The van der Waals surface area contributed by atoms with Gasteiger partial charge in [-0.25, -0.2) is 13.1 Å². The van der Waals surface area contributed by atoms with Gasteiger partial charge in [-0.15, -0.1) is 11.3 Å². The second-order valence-electron chi connectivity index (χ2n) is 5.80. The Bertz CT molecular complexity index is 1120. The van der Waals surface area contributed by atoms with E-state index in [2.05, 4.69) is 9.82 Å². The van der Waals surface area contributed by atoms with Gasteiger partial charge in [-0.05, 0) is 35.9 Å². The maximum atomic E-state index is 12.7. The highest BCUT2D eigenvalue weighted by atomic mass is 32.2. The van der Waals surface area contributed by atoms with Gasteiger partial charge >= 0.3 is 6.18 Å². The summed E-state index contributed by atoms with van der Waals surface area (Å²) in [6, 6.07) is 8.64. The van der Waals surface area contributed by atoms with Crippen LogP contribution in [0.1, 0.15) is 11.3 Å². The summed E-state index contributed by atoms with van der Waals surface area (Å²) in [5.74, 6) is 1.13. The molecule has 0 saturated heterocycles. The van der Waals surface area contributed by atoms with Gasteiger partial charge in [-0.2, -0.15) is 18.3 Å². The number of hydrogen-bond donors (Lipinski definition) is 2. The minimum atomic E-state index is -4.55. The number of ether oxygens (including phenoxy) is 2. The Kier molecular flexibility index (Phi) is 4.56. The number of H-pyrrole nitrogens is 1. The lowest BCUT2D eigenvalue weighted by atomic mass is 10.2. The van der Waals surface area contributed by atoms with Crippen molar-refractivity contribution in [3.63, 3.8) is 0 Å². The Hall–Kier alpha value is -2.57. The predicted molar refractivity (Wildman–Crippen MR) is 93.5 cm³/mol. The van der Waals surface area contributed by atoms with Gasteiger partial charge in [0.25, 0.3) is 0 Å². The smallest absolute Gasteiger partial charge is 0.432 e. The normalized spacial score (nSPS) is 13.8. The first-order valence-electron chi connectivity index (χ1n) is 7.83. The summed E-state index contributed by atoms with van der Waals surface area (Å²) in [6.07, 6.45) is -4.55. The SMILES string of the molecule is O=S(=O)(NCc1ccc2c(c1)OCO2)c1ccc(-c2cc(C(F)(F)F)[nH]n2)s1. The van der Waals surface area contributed by atoms with Crippen molar-refractivity contribution in [3.8, 4) is 22.1 Å². The third kappa shape index (κ3) is 3.70. The van der Waals surface area contributed by atoms with Crippen LogP contribution < -0.4 is 14.2 Å². The van der Waals surface area contributed by atoms with Crippen LogP contribution in [0, 0.1) is 0 Å². The Morgan fingerprint density at radius 3 is 2.68 bits per heavy atom. The van der Waals surface area contributed by atoms with Crippen LogP contribution in [0.4, 0.5) is 13.2 Å². The van der Waals surface area contributed by atoms with E-state index >= 15 is 0 Å². The summed E-state index contributed by atoms with van der Waals surface area (Å²) in [5.41, 5.74) is -0.303. The molecule has 0 radical (unpaired) electrons. The van der Waals surface area contributed by atoms with E-state index in [1.807, 2.05) is 5.10 Å². The first kappa shape index (κ1) is 18.8. The maximum absolute atomic E-state index is 12.7. The van der Waals surface area contributed by atoms with E-state index in [1.165, 1.54) is 12.1 Å². The summed E-state index contributed by atoms with van der Waals surface area (Å²) in [7, 11) is -3.85. The number of hydrogen-bond acceptors (Lipinski definition) is 6. The molecule has 3 heterocycles. The number of nitrogens with zero attached hydrogens (tertiary/aromatic N) is 1. The van der Waals surface area contributed by atoms with Crippen molar-refractivity contribution in [2.24, 2.45) is 0 Å². The zero-order valence-corrected chi connectivity index (χ0v) is 15.5. The summed E-state index contributed by atoms with van der Waals surface area (Å²) in [4.78, 5) is 0.301. The molecular weight excluding hydrogens is 419 g/mol. The molecule has 2 aromatic heterocycles. The number of sulfonamides is 1. The fourth-order valence-electron chi connectivity index (χ4n) is 2.50. The molecule has 1 aliphatic heterocycles. The topological polar surface area (TPSA) is 93.3 Å². The molecule has 4 rings (SSSR count). The molecule has 0 bridgehead atoms. The molecule has 3 aromatic rings. The average Bonchev–Trinajstić information content (AvgIpc) is 3.38. The third-order valence-corrected chi connectivity index (χ3v) is 6.89. The first-order valence-corrected chi connectivity index (χ1v) is 10.1. The zero-order chi connectivity index (χ0) is 19.9. The minimum Gasteiger partial charge on any atom is -0.454 e. The van der Waals surface area contributed by atoms with Crippen LogP contribution in [0.2, 0.25) is 0 Å². The van der Waals surface area contributed by atoms with Crippen molar-refractivity contribution in [1.29, 1.82) is 0 Å². The summed E-state index contributed by atoms with van der Waals surface area (Å²) < 4.78 is 75.8. The number of alkyl halides is 3. The number of thiophene rings is 1. The molecule has 1 aliphatic rings. The number of aromatic amines is 1. The molecule has 0 fully saturated rings. The molecule has 7 nitrogen and oxygen atoms in total. The van der Waals surface area contributed by atoms with Crippen molar-refractivity contribution in [3.05, 3.63) is 47.7 Å². The quantitative estimate of drug-likeness (QED) is 0.646. The van der Waals surface area contributed by atoms with Crippen LogP contribution in [0.25, 0.3) is 10.6 Å². The molecule has 0 aliphatic carbocycles. The van der Waals surface area contributed by atoms with Crippen molar-refractivity contribution in [2.45, 2.75) is 16.9 Å². The molecule has 0 unspecified atom stereocenters. The number of aromatic nitrogens is 2. The lowest BCUT2D eigenvalue weighted by Crippen LogP contribution is -2.22. The second-order valence-corrected chi connectivity index (χ2v) is 8.87. The van der Waals surface area contributed by atoms with Gasteiger partial charge in [-0.1, -0.05) is 6.07 Å². The number of nitrogens with one attached hydrogen (secondary N) is 2. The van der Waals surface area contributed by atoms with Gasteiger partial charge in [0.2, 0.25) is 16.8 Å². The highest BCUT2D eigenvalue weighted by Gasteiger charge is 2.33. The van der Waals surface area contributed by atoms with Gasteiger partial charge in [0.05, 0.1) is 4.88 Å². The van der Waals surface area contributed by atoms with Crippen LogP contribution in [0.3, 0.4) is 0 Å². The number of halogens is 3. The lowest BCUT2D eigenvalue weighted by Gasteiger charge is -2.06. The van der Waals surface area contributed by atoms with E-state index in [9.17, 15) is 21.6 Å². The van der Waals surface area contributed by atoms with Crippen LogP contribution in [-0.2, 0) is 22.7 Å². The highest BCUT2D eigenvalue weighted by molar-refractivity contribution is 7.91. The van der Waals surface area contributed by atoms with E-state index in [-0.39, 0.29) is 23.2 Å². The van der Waals surface area contributed by atoms with Crippen molar-refractivity contribution in [1.82, 2.24) is 14.9 Å². The van der Waals surface area contributed by atoms with E-state index in [0.29, 0.717) is 21.9 Å². The van der Waals surface area contributed by atoms with E-state index in [0.717, 1.165) is 17.4 Å². The van der Waals surface area contributed by atoms with Gasteiger partial charge < -0.3 is 9.47 Å². The Morgan fingerprint density at radius 2 is 1.93 bits per heavy atom. The highest BCUT2D eigenvalue weighted by Crippen LogP contribution is 2.35. The number of benzene rings is 1. The Balaban J connectivity index is 1.48. The second kappa shape index (κ2) is 6.79. The Labute approximate surface area is 161 Å². The van der Waals surface area contributed by atoms with Crippen LogP contribution in [-0.4, -0.2) is 25.4 Å². The number of fused-ring (bicyclic) bond motifs is 1. The summed E-state index contributed by atoms with van der Waals surface area (Å²) in [6.45, 7) is 0.137.